The lowest BCUT2D eigenvalue weighted by atomic mass is 10.4. The molecule has 0 aliphatic heterocycles. The molecule has 0 spiro atoms. The monoisotopic (exact) mass is 279 g/mol. The summed E-state index contributed by atoms with van der Waals surface area (Å²) in [5, 5.41) is 6.25. The molecule has 0 fully saturated rings. The van der Waals surface area contributed by atoms with Crippen LogP contribution in [0.5, 0.6) is 0 Å². The van der Waals surface area contributed by atoms with Gasteiger partial charge >= 0.3 is 0 Å². The molecule has 0 aliphatic rings. The van der Waals surface area contributed by atoms with E-state index in [1.54, 1.807) is 6.20 Å². The summed E-state index contributed by atoms with van der Waals surface area (Å²) in [5.74, 6) is 0.879. The Balaban J connectivity index is 2.01. The Morgan fingerprint density at radius 1 is 1.16 bits per heavy atom. The Hall–Kier alpha value is -2.02. The molecule has 0 aliphatic carbocycles. The molecule has 19 heavy (non-hydrogen) atoms. The normalized spacial score (nSPS) is 10.2. The fraction of sp³-hybridized carbons (Fsp3) is 0.364. The van der Waals surface area contributed by atoms with Gasteiger partial charge in [0, 0.05) is 12.7 Å². The highest BCUT2D eigenvalue weighted by Gasteiger charge is 2.04. The van der Waals surface area contributed by atoms with Gasteiger partial charge in [0.1, 0.15) is 6.33 Å². The van der Waals surface area contributed by atoms with E-state index in [0.717, 1.165) is 18.7 Å². The van der Waals surface area contributed by atoms with Gasteiger partial charge in [-0.15, -0.1) is 0 Å². The minimum atomic E-state index is 0.152. The van der Waals surface area contributed by atoms with Crippen LogP contribution in [-0.4, -0.2) is 31.5 Å². The van der Waals surface area contributed by atoms with Gasteiger partial charge in [0.2, 0.25) is 17.2 Å². The third kappa shape index (κ3) is 4.29. The number of aromatic nitrogens is 5. The highest BCUT2D eigenvalue weighted by Crippen LogP contribution is 2.10. The molecule has 0 atom stereocenters. The Morgan fingerprint density at radius 2 is 1.95 bits per heavy atom. The third-order valence-corrected chi connectivity index (χ3v) is 2.38. The molecule has 0 aromatic carbocycles. The zero-order valence-corrected chi connectivity index (χ0v) is 11.2. The van der Waals surface area contributed by atoms with Gasteiger partial charge in [-0.05, 0) is 24.1 Å². The van der Waals surface area contributed by atoms with Gasteiger partial charge in [0.25, 0.3) is 0 Å². The average Bonchev–Trinajstić information content (AvgIpc) is 2.43. The van der Waals surface area contributed by atoms with Gasteiger partial charge in [0.15, 0.2) is 0 Å². The molecular weight excluding hydrogens is 266 g/mol. The first-order valence-corrected chi connectivity index (χ1v) is 6.30. The van der Waals surface area contributed by atoms with E-state index in [2.05, 4.69) is 42.5 Å². The highest BCUT2D eigenvalue weighted by atomic mass is 35.5. The van der Waals surface area contributed by atoms with E-state index < -0.39 is 0 Å². The lowest BCUT2D eigenvalue weighted by molar-refractivity contribution is 0.925. The number of halogens is 1. The van der Waals surface area contributed by atoms with E-state index in [4.69, 9.17) is 11.6 Å². The predicted octanol–water partition coefficient (Wildman–Crippen LogP) is 1.75. The molecular formula is C11H14ClN7. The number of rotatable bonds is 6. The van der Waals surface area contributed by atoms with Crippen LogP contribution in [0.25, 0.3) is 0 Å². The molecule has 2 N–H and O–H groups in total. The second-order valence-electron chi connectivity index (χ2n) is 3.73. The number of anilines is 2. The zero-order chi connectivity index (χ0) is 13.5. The van der Waals surface area contributed by atoms with E-state index in [1.807, 2.05) is 6.07 Å². The second-order valence-corrected chi connectivity index (χ2v) is 4.07. The third-order valence-electron chi connectivity index (χ3n) is 2.21. The van der Waals surface area contributed by atoms with Gasteiger partial charge in [0.05, 0.1) is 12.2 Å². The fourth-order valence-electron chi connectivity index (χ4n) is 1.34. The summed E-state index contributed by atoms with van der Waals surface area (Å²) >= 11 is 5.84. The number of nitrogens with zero attached hydrogens (tertiary/aromatic N) is 5. The van der Waals surface area contributed by atoms with Crippen LogP contribution in [-0.2, 0) is 6.54 Å². The van der Waals surface area contributed by atoms with Gasteiger partial charge in [-0.1, -0.05) is 6.92 Å². The van der Waals surface area contributed by atoms with Crippen molar-refractivity contribution < 1.29 is 0 Å². The molecule has 0 unspecified atom stereocenters. The Kier molecular flexibility index (Phi) is 4.79. The Labute approximate surface area is 115 Å². The van der Waals surface area contributed by atoms with Crippen LogP contribution >= 0.6 is 11.6 Å². The van der Waals surface area contributed by atoms with Crippen LogP contribution in [0.15, 0.2) is 18.6 Å². The SMILES string of the molecule is CCCNc1nc(Cl)nc(NCc2ccncn2)n1. The van der Waals surface area contributed by atoms with Crippen molar-refractivity contribution in [2.45, 2.75) is 19.9 Å². The molecule has 2 heterocycles. The molecule has 2 rings (SSSR count). The maximum atomic E-state index is 5.84. The maximum Gasteiger partial charge on any atom is 0.229 e. The largest absolute Gasteiger partial charge is 0.354 e. The van der Waals surface area contributed by atoms with Crippen LogP contribution in [0.3, 0.4) is 0 Å². The summed E-state index contributed by atoms with van der Waals surface area (Å²) in [5.41, 5.74) is 0.842. The molecule has 0 bridgehead atoms. The fourth-order valence-corrected chi connectivity index (χ4v) is 1.50. The van der Waals surface area contributed by atoms with Crippen molar-refractivity contribution in [2.24, 2.45) is 0 Å². The molecule has 0 saturated carbocycles. The first-order valence-electron chi connectivity index (χ1n) is 5.92. The van der Waals surface area contributed by atoms with Gasteiger partial charge in [-0.2, -0.15) is 15.0 Å². The van der Waals surface area contributed by atoms with Gasteiger partial charge < -0.3 is 10.6 Å². The summed E-state index contributed by atoms with van der Waals surface area (Å²) in [4.78, 5) is 20.2. The van der Waals surface area contributed by atoms with E-state index in [0.29, 0.717) is 18.4 Å². The van der Waals surface area contributed by atoms with Crippen molar-refractivity contribution in [1.29, 1.82) is 0 Å². The molecule has 100 valence electrons. The molecule has 2 aromatic heterocycles. The second kappa shape index (κ2) is 6.79. The average molecular weight is 280 g/mol. The molecule has 0 amide bonds. The summed E-state index contributed by atoms with van der Waals surface area (Å²) < 4.78 is 0. The van der Waals surface area contributed by atoms with Crippen molar-refractivity contribution in [3.63, 3.8) is 0 Å². The number of nitrogens with one attached hydrogen (secondary N) is 2. The summed E-state index contributed by atoms with van der Waals surface area (Å²) in [6, 6.07) is 1.81. The Morgan fingerprint density at radius 3 is 2.63 bits per heavy atom. The summed E-state index contributed by atoms with van der Waals surface area (Å²) in [6.07, 6.45) is 4.15. The topological polar surface area (TPSA) is 88.5 Å². The van der Waals surface area contributed by atoms with E-state index in [-0.39, 0.29) is 5.28 Å². The van der Waals surface area contributed by atoms with Crippen LogP contribution in [0.4, 0.5) is 11.9 Å². The predicted molar refractivity (Wildman–Crippen MR) is 73.0 cm³/mol. The van der Waals surface area contributed by atoms with Crippen LogP contribution in [0.2, 0.25) is 5.28 Å². The van der Waals surface area contributed by atoms with Crippen molar-refractivity contribution in [2.75, 3.05) is 17.2 Å². The van der Waals surface area contributed by atoms with Gasteiger partial charge in [-0.3, -0.25) is 0 Å². The zero-order valence-electron chi connectivity index (χ0n) is 10.5. The van der Waals surface area contributed by atoms with Crippen molar-refractivity contribution in [3.05, 3.63) is 29.6 Å². The molecule has 0 radical (unpaired) electrons. The maximum absolute atomic E-state index is 5.84. The minimum Gasteiger partial charge on any atom is -0.354 e. The van der Waals surface area contributed by atoms with E-state index in [9.17, 15) is 0 Å². The molecule has 0 saturated heterocycles. The summed E-state index contributed by atoms with van der Waals surface area (Å²) in [7, 11) is 0. The molecule has 7 nitrogen and oxygen atoms in total. The molecule has 8 heteroatoms. The van der Waals surface area contributed by atoms with Crippen LogP contribution in [0, 0.1) is 0 Å². The first-order chi connectivity index (χ1) is 9.28. The first kappa shape index (κ1) is 13.4. The number of hydrogen-bond acceptors (Lipinski definition) is 7. The standard InChI is InChI=1S/C11H14ClN7/c1-2-4-14-10-17-9(12)18-11(19-10)15-6-8-3-5-13-7-16-8/h3,5,7H,2,4,6H2,1H3,(H2,14,15,17,18,19). The van der Waals surface area contributed by atoms with Crippen LogP contribution < -0.4 is 10.6 Å². The van der Waals surface area contributed by atoms with Crippen molar-refractivity contribution >= 4 is 23.5 Å². The van der Waals surface area contributed by atoms with Crippen LogP contribution in [0.1, 0.15) is 19.0 Å². The smallest absolute Gasteiger partial charge is 0.229 e. The highest BCUT2D eigenvalue weighted by molar-refractivity contribution is 6.28. The molecule has 2 aromatic rings. The van der Waals surface area contributed by atoms with Crippen molar-refractivity contribution in [3.8, 4) is 0 Å². The quantitative estimate of drug-likeness (QED) is 0.832. The van der Waals surface area contributed by atoms with Gasteiger partial charge in [-0.25, -0.2) is 9.97 Å². The van der Waals surface area contributed by atoms with Crippen molar-refractivity contribution in [1.82, 2.24) is 24.9 Å². The summed E-state index contributed by atoms with van der Waals surface area (Å²) in [6.45, 7) is 3.34. The Bertz CT molecular complexity index is 520. The lowest BCUT2D eigenvalue weighted by Gasteiger charge is -2.07. The minimum absolute atomic E-state index is 0.152. The van der Waals surface area contributed by atoms with E-state index >= 15 is 0 Å². The number of hydrogen-bond donors (Lipinski definition) is 2. The lowest BCUT2D eigenvalue weighted by Crippen LogP contribution is -2.10. The van der Waals surface area contributed by atoms with E-state index in [1.165, 1.54) is 6.33 Å².